The molecule has 2 nitrogen and oxygen atoms in total. The van der Waals surface area contributed by atoms with Crippen LogP contribution < -0.4 is 5.32 Å². The number of halogens is 1. The molecule has 0 saturated carbocycles. The number of amides is 1. The number of nitrogens with one attached hydrogen (secondary N) is 1. The molecule has 1 N–H and O–H groups in total. The summed E-state index contributed by atoms with van der Waals surface area (Å²) in [4.78, 5) is 12.0. The van der Waals surface area contributed by atoms with Gasteiger partial charge in [0.1, 0.15) is 5.82 Å². The van der Waals surface area contributed by atoms with E-state index in [0.29, 0.717) is 5.56 Å². The number of carbonyl (C=O) groups is 1. The Morgan fingerprint density at radius 2 is 1.63 bits per heavy atom. The molecule has 2 aromatic carbocycles. The fourth-order valence-electron chi connectivity index (χ4n) is 1.82. The van der Waals surface area contributed by atoms with E-state index in [1.165, 1.54) is 12.1 Å². The van der Waals surface area contributed by atoms with E-state index in [0.717, 1.165) is 11.1 Å². The zero-order chi connectivity index (χ0) is 13.8. The molecule has 19 heavy (non-hydrogen) atoms. The maximum atomic E-state index is 12.8. The molecule has 0 spiro atoms. The lowest BCUT2D eigenvalue weighted by atomic mass is 10.1. The molecular formula is C16H16FNO. The molecule has 2 aromatic rings. The second-order valence-corrected chi connectivity index (χ2v) is 4.61. The van der Waals surface area contributed by atoms with Crippen LogP contribution in [-0.2, 0) is 0 Å². The van der Waals surface area contributed by atoms with E-state index in [1.807, 2.05) is 26.0 Å². The highest BCUT2D eigenvalue weighted by molar-refractivity contribution is 5.94. The zero-order valence-electron chi connectivity index (χ0n) is 11.0. The van der Waals surface area contributed by atoms with E-state index < -0.39 is 0 Å². The van der Waals surface area contributed by atoms with E-state index in [-0.39, 0.29) is 17.8 Å². The molecule has 0 fully saturated rings. The summed E-state index contributed by atoms with van der Waals surface area (Å²) in [6.07, 6.45) is 0. The number of rotatable bonds is 3. The van der Waals surface area contributed by atoms with Crippen molar-refractivity contribution in [3.8, 4) is 0 Å². The molecule has 3 heteroatoms. The second kappa shape index (κ2) is 5.65. The van der Waals surface area contributed by atoms with Gasteiger partial charge in [-0.1, -0.05) is 29.8 Å². The van der Waals surface area contributed by atoms with Gasteiger partial charge in [0.25, 0.3) is 5.91 Å². The Balaban J connectivity index is 2.06. The van der Waals surface area contributed by atoms with Crippen LogP contribution in [0.25, 0.3) is 0 Å². The first-order chi connectivity index (χ1) is 9.06. The van der Waals surface area contributed by atoms with Gasteiger partial charge in [0.05, 0.1) is 6.04 Å². The highest BCUT2D eigenvalue weighted by atomic mass is 19.1. The zero-order valence-corrected chi connectivity index (χ0v) is 11.0. The molecule has 1 amide bonds. The third-order valence-electron chi connectivity index (χ3n) is 3.03. The Kier molecular flexibility index (Phi) is 3.95. The lowest BCUT2D eigenvalue weighted by molar-refractivity contribution is 0.0940. The quantitative estimate of drug-likeness (QED) is 0.893. The average molecular weight is 257 g/mol. The fourth-order valence-corrected chi connectivity index (χ4v) is 1.82. The van der Waals surface area contributed by atoms with Crippen LogP contribution in [0.4, 0.5) is 4.39 Å². The Hall–Kier alpha value is -2.16. The first-order valence-electron chi connectivity index (χ1n) is 6.19. The summed E-state index contributed by atoms with van der Waals surface area (Å²) in [6, 6.07) is 13.4. The van der Waals surface area contributed by atoms with E-state index >= 15 is 0 Å². The minimum atomic E-state index is -0.277. The van der Waals surface area contributed by atoms with Gasteiger partial charge in [-0.25, -0.2) is 4.39 Å². The van der Waals surface area contributed by atoms with Gasteiger partial charge in [-0.3, -0.25) is 4.79 Å². The molecule has 98 valence electrons. The average Bonchev–Trinajstić information content (AvgIpc) is 2.40. The predicted octanol–water partition coefficient (Wildman–Crippen LogP) is 3.63. The van der Waals surface area contributed by atoms with Gasteiger partial charge in [0.15, 0.2) is 0 Å². The van der Waals surface area contributed by atoms with Crippen molar-refractivity contribution in [3.63, 3.8) is 0 Å². The number of benzene rings is 2. The number of hydrogen-bond acceptors (Lipinski definition) is 1. The van der Waals surface area contributed by atoms with Gasteiger partial charge in [0.2, 0.25) is 0 Å². The first kappa shape index (κ1) is 13.3. The molecule has 2 rings (SSSR count). The maximum absolute atomic E-state index is 12.8. The van der Waals surface area contributed by atoms with Gasteiger partial charge < -0.3 is 5.32 Å². The van der Waals surface area contributed by atoms with Gasteiger partial charge in [0, 0.05) is 5.56 Å². The first-order valence-corrected chi connectivity index (χ1v) is 6.19. The third-order valence-corrected chi connectivity index (χ3v) is 3.03. The van der Waals surface area contributed by atoms with Crippen molar-refractivity contribution in [2.45, 2.75) is 19.9 Å². The molecule has 0 aliphatic heterocycles. The standard InChI is InChI=1S/C16H16FNO/c1-11-3-5-14(6-4-11)16(19)18-12(2)13-7-9-15(17)10-8-13/h3-10,12H,1-2H3,(H,18,19)/t12-/m0/s1. The summed E-state index contributed by atoms with van der Waals surface area (Å²) in [5.41, 5.74) is 2.62. The number of hydrogen-bond donors (Lipinski definition) is 1. The van der Waals surface area contributed by atoms with Crippen LogP contribution in [0.15, 0.2) is 48.5 Å². The minimum absolute atomic E-state index is 0.128. The molecule has 0 unspecified atom stereocenters. The van der Waals surface area contributed by atoms with Gasteiger partial charge in [-0.15, -0.1) is 0 Å². The molecule has 0 bridgehead atoms. The van der Waals surface area contributed by atoms with Crippen LogP contribution in [0.2, 0.25) is 0 Å². The molecule has 0 heterocycles. The maximum Gasteiger partial charge on any atom is 0.251 e. The van der Waals surface area contributed by atoms with Crippen LogP contribution in [0, 0.1) is 12.7 Å². The summed E-state index contributed by atoms with van der Waals surface area (Å²) >= 11 is 0. The van der Waals surface area contributed by atoms with E-state index in [2.05, 4.69) is 5.32 Å². The van der Waals surface area contributed by atoms with Crippen molar-refractivity contribution < 1.29 is 9.18 Å². The molecule has 0 radical (unpaired) electrons. The van der Waals surface area contributed by atoms with Crippen LogP contribution in [0.3, 0.4) is 0 Å². The Labute approximate surface area is 112 Å². The third kappa shape index (κ3) is 3.41. The largest absolute Gasteiger partial charge is 0.346 e. The molecule has 0 saturated heterocycles. The lowest BCUT2D eigenvalue weighted by Gasteiger charge is -2.14. The van der Waals surface area contributed by atoms with Crippen molar-refractivity contribution in [3.05, 3.63) is 71.0 Å². The second-order valence-electron chi connectivity index (χ2n) is 4.61. The van der Waals surface area contributed by atoms with Crippen molar-refractivity contribution in [1.29, 1.82) is 0 Å². The minimum Gasteiger partial charge on any atom is -0.346 e. The van der Waals surface area contributed by atoms with Gasteiger partial charge >= 0.3 is 0 Å². The summed E-state index contributed by atoms with van der Waals surface area (Å²) < 4.78 is 12.8. The molecule has 1 atom stereocenters. The molecular weight excluding hydrogens is 241 g/mol. The van der Waals surface area contributed by atoms with E-state index in [1.54, 1.807) is 24.3 Å². The van der Waals surface area contributed by atoms with Crippen LogP contribution in [-0.4, -0.2) is 5.91 Å². The Bertz CT molecular complexity index is 560. The van der Waals surface area contributed by atoms with Crippen molar-refractivity contribution in [2.75, 3.05) is 0 Å². The lowest BCUT2D eigenvalue weighted by Crippen LogP contribution is -2.26. The smallest absolute Gasteiger partial charge is 0.251 e. The monoisotopic (exact) mass is 257 g/mol. The Morgan fingerprint density at radius 1 is 1.05 bits per heavy atom. The van der Waals surface area contributed by atoms with E-state index in [4.69, 9.17) is 0 Å². The highest BCUT2D eigenvalue weighted by Crippen LogP contribution is 2.14. The summed E-state index contributed by atoms with van der Waals surface area (Å²) in [5, 5.41) is 2.89. The Morgan fingerprint density at radius 3 is 2.21 bits per heavy atom. The van der Waals surface area contributed by atoms with Crippen molar-refractivity contribution in [2.24, 2.45) is 0 Å². The van der Waals surface area contributed by atoms with Gasteiger partial charge in [-0.2, -0.15) is 0 Å². The molecule has 0 aromatic heterocycles. The van der Waals surface area contributed by atoms with Gasteiger partial charge in [-0.05, 0) is 43.7 Å². The van der Waals surface area contributed by atoms with Crippen LogP contribution >= 0.6 is 0 Å². The fraction of sp³-hybridized carbons (Fsp3) is 0.188. The normalized spacial score (nSPS) is 11.9. The van der Waals surface area contributed by atoms with Crippen molar-refractivity contribution in [1.82, 2.24) is 5.32 Å². The summed E-state index contributed by atoms with van der Waals surface area (Å²) in [6.45, 7) is 3.85. The van der Waals surface area contributed by atoms with E-state index in [9.17, 15) is 9.18 Å². The number of aryl methyl sites for hydroxylation is 1. The molecule has 0 aliphatic carbocycles. The molecule has 0 aliphatic rings. The van der Waals surface area contributed by atoms with Crippen LogP contribution in [0.5, 0.6) is 0 Å². The van der Waals surface area contributed by atoms with Crippen LogP contribution in [0.1, 0.15) is 34.5 Å². The highest BCUT2D eigenvalue weighted by Gasteiger charge is 2.11. The predicted molar refractivity (Wildman–Crippen MR) is 73.5 cm³/mol. The van der Waals surface area contributed by atoms with Crippen molar-refractivity contribution >= 4 is 5.91 Å². The summed E-state index contributed by atoms with van der Waals surface area (Å²) in [7, 11) is 0. The number of carbonyl (C=O) groups excluding carboxylic acids is 1. The topological polar surface area (TPSA) is 29.1 Å². The summed E-state index contributed by atoms with van der Waals surface area (Å²) in [5.74, 6) is -0.405. The SMILES string of the molecule is Cc1ccc(C(=O)N[C@@H](C)c2ccc(F)cc2)cc1.